The van der Waals surface area contributed by atoms with Gasteiger partial charge in [0.2, 0.25) is 0 Å². The fraction of sp³-hybridized carbons (Fsp3) is 0.667. The van der Waals surface area contributed by atoms with Gasteiger partial charge in [-0.2, -0.15) is 0 Å². The first-order chi connectivity index (χ1) is 8.46. The lowest BCUT2D eigenvalue weighted by molar-refractivity contribution is 0.123. The summed E-state index contributed by atoms with van der Waals surface area (Å²) < 4.78 is 0. The van der Waals surface area contributed by atoms with E-state index in [-0.39, 0.29) is 0 Å². The molecule has 18 heavy (non-hydrogen) atoms. The van der Waals surface area contributed by atoms with E-state index in [1.165, 1.54) is 31.2 Å². The lowest BCUT2D eigenvalue weighted by atomic mass is 9.75. The second-order valence-corrected chi connectivity index (χ2v) is 6.68. The van der Waals surface area contributed by atoms with E-state index in [0.717, 1.165) is 6.54 Å². The van der Waals surface area contributed by atoms with Gasteiger partial charge in [-0.25, -0.2) is 4.98 Å². The Morgan fingerprint density at radius 1 is 1.39 bits per heavy atom. The molecule has 1 aliphatic rings. The zero-order valence-corrected chi connectivity index (χ0v) is 12.4. The van der Waals surface area contributed by atoms with Gasteiger partial charge in [0, 0.05) is 18.8 Å². The van der Waals surface area contributed by atoms with Crippen molar-refractivity contribution in [1.82, 2.24) is 9.88 Å². The van der Waals surface area contributed by atoms with Crippen LogP contribution in [-0.4, -0.2) is 23.0 Å². The van der Waals surface area contributed by atoms with Crippen molar-refractivity contribution in [3.63, 3.8) is 0 Å². The van der Waals surface area contributed by atoms with Crippen molar-refractivity contribution in [1.29, 1.82) is 0 Å². The molecule has 0 spiro atoms. The topological polar surface area (TPSA) is 16.1 Å². The van der Waals surface area contributed by atoms with Gasteiger partial charge in [-0.05, 0) is 55.8 Å². The summed E-state index contributed by atoms with van der Waals surface area (Å²) in [5.74, 6) is 0. The highest BCUT2D eigenvalue weighted by atomic mass is 35.5. The third-order valence-corrected chi connectivity index (χ3v) is 4.36. The number of halogens is 1. The Bertz CT molecular complexity index is 393. The predicted molar refractivity (Wildman–Crippen MR) is 76.8 cm³/mol. The van der Waals surface area contributed by atoms with E-state index in [9.17, 15) is 0 Å². The monoisotopic (exact) mass is 266 g/mol. The van der Waals surface area contributed by atoms with Crippen LogP contribution in [-0.2, 0) is 6.54 Å². The summed E-state index contributed by atoms with van der Waals surface area (Å²) >= 11 is 5.92. The minimum Gasteiger partial charge on any atom is -0.299 e. The highest BCUT2D eigenvalue weighted by Gasteiger charge is 2.28. The lowest BCUT2D eigenvalue weighted by Crippen LogP contribution is -2.36. The van der Waals surface area contributed by atoms with Gasteiger partial charge in [0.25, 0.3) is 0 Å². The maximum atomic E-state index is 5.92. The summed E-state index contributed by atoms with van der Waals surface area (Å²) in [4.78, 5) is 6.48. The quantitative estimate of drug-likeness (QED) is 0.765. The largest absolute Gasteiger partial charge is 0.299 e. The van der Waals surface area contributed by atoms with E-state index in [1.54, 1.807) is 6.20 Å². The van der Waals surface area contributed by atoms with Gasteiger partial charge >= 0.3 is 0 Å². The lowest BCUT2D eigenvalue weighted by Gasteiger charge is -2.38. The molecule has 1 fully saturated rings. The molecule has 1 aromatic heterocycles. The molecule has 1 aliphatic carbocycles. The zero-order chi connectivity index (χ0) is 13.2. The van der Waals surface area contributed by atoms with Crippen LogP contribution in [0.1, 0.15) is 45.1 Å². The zero-order valence-electron chi connectivity index (χ0n) is 11.6. The molecule has 0 bridgehead atoms. The number of hydrogen-bond donors (Lipinski definition) is 0. The molecule has 0 N–H and O–H groups in total. The summed E-state index contributed by atoms with van der Waals surface area (Å²) in [6, 6.07) is 4.73. The number of pyridine rings is 1. The normalized spacial score (nSPS) is 20.3. The first-order valence-electron chi connectivity index (χ1n) is 6.77. The first kappa shape index (κ1) is 13.8. The van der Waals surface area contributed by atoms with Crippen molar-refractivity contribution < 1.29 is 0 Å². The Hall–Kier alpha value is -0.600. The third-order valence-electron chi connectivity index (χ3n) is 4.15. The molecule has 0 saturated heterocycles. The molecule has 0 radical (unpaired) electrons. The van der Waals surface area contributed by atoms with Crippen LogP contribution in [0.3, 0.4) is 0 Å². The molecule has 1 saturated carbocycles. The van der Waals surface area contributed by atoms with Crippen molar-refractivity contribution >= 4 is 11.6 Å². The van der Waals surface area contributed by atoms with Gasteiger partial charge in [0.1, 0.15) is 5.15 Å². The van der Waals surface area contributed by atoms with Crippen molar-refractivity contribution in [2.45, 2.75) is 52.1 Å². The Balaban J connectivity index is 1.91. The Morgan fingerprint density at radius 2 is 2.06 bits per heavy atom. The Morgan fingerprint density at radius 3 is 2.67 bits per heavy atom. The average molecular weight is 267 g/mol. The summed E-state index contributed by atoms with van der Waals surface area (Å²) in [7, 11) is 2.22. The molecular weight excluding hydrogens is 244 g/mol. The molecule has 2 nitrogen and oxygen atoms in total. The predicted octanol–water partition coefficient (Wildman–Crippen LogP) is 4.14. The van der Waals surface area contributed by atoms with E-state index in [4.69, 9.17) is 11.6 Å². The van der Waals surface area contributed by atoms with Crippen LogP contribution >= 0.6 is 11.6 Å². The molecule has 1 heterocycles. The molecule has 0 aliphatic heterocycles. The van der Waals surface area contributed by atoms with Crippen LogP contribution < -0.4 is 0 Å². The fourth-order valence-electron chi connectivity index (χ4n) is 2.78. The SMILES string of the molecule is CN(Cc1ccnc(Cl)c1)C1CCC(C)(C)CC1. The molecule has 2 rings (SSSR count). The number of hydrogen-bond acceptors (Lipinski definition) is 2. The van der Waals surface area contributed by atoms with Crippen LogP contribution in [0.15, 0.2) is 18.3 Å². The molecule has 0 amide bonds. The van der Waals surface area contributed by atoms with Gasteiger partial charge in [-0.15, -0.1) is 0 Å². The number of rotatable bonds is 3. The summed E-state index contributed by atoms with van der Waals surface area (Å²) in [6.07, 6.45) is 7.07. The van der Waals surface area contributed by atoms with Gasteiger partial charge in [0.05, 0.1) is 0 Å². The first-order valence-corrected chi connectivity index (χ1v) is 7.15. The smallest absolute Gasteiger partial charge is 0.129 e. The van der Waals surface area contributed by atoms with Crippen molar-refractivity contribution in [3.05, 3.63) is 29.0 Å². The molecule has 1 aromatic rings. The minimum absolute atomic E-state index is 0.539. The molecule has 0 unspecified atom stereocenters. The van der Waals surface area contributed by atoms with E-state index < -0.39 is 0 Å². The fourth-order valence-corrected chi connectivity index (χ4v) is 2.98. The molecule has 0 aromatic carbocycles. The highest BCUT2D eigenvalue weighted by Crippen LogP contribution is 2.36. The van der Waals surface area contributed by atoms with E-state index in [0.29, 0.717) is 16.6 Å². The van der Waals surface area contributed by atoms with Crippen LogP contribution in [0.5, 0.6) is 0 Å². The van der Waals surface area contributed by atoms with Crippen molar-refractivity contribution in [3.8, 4) is 0 Å². The summed E-state index contributed by atoms with van der Waals surface area (Å²) in [6.45, 7) is 5.73. The van der Waals surface area contributed by atoms with Crippen molar-refractivity contribution in [2.24, 2.45) is 5.41 Å². The van der Waals surface area contributed by atoms with E-state index >= 15 is 0 Å². The van der Waals surface area contributed by atoms with E-state index in [1.807, 2.05) is 6.07 Å². The van der Waals surface area contributed by atoms with Gasteiger partial charge in [-0.1, -0.05) is 25.4 Å². The summed E-state index contributed by atoms with van der Waals surface area (Å²) in [5.41, 5.74) is 1.79. The standard InChI is InChI=1S/C15H23ClN2/c1-15(2)7-4-13(5-8-15)18(3)11-12-6-9-17-14(16)10-12/h6,9-10,13H,4-5,7-8,11H2,1-3H3. The molecule has 0 atom stereocenters. The molecular formula is C15H23ClN2. The third kappa shape index (κ3) is 3.69. The van der Waals surface area contributed by atoms with Crippen molar-refractivity contribution in [2.75, 3.05) is 7.05 Å². The number of aromatic nitrogens is 1. The van der Waals surface area contributed by atoms with Crippen LogP contribution in [0.25, 0.3) is 0 Å². The molecule has 100 valence electrons. The second-order valence-electron chi connectivity index (χ2n) is 6.30. The average Bonchev–Trinajstić information content (AvgIpc) is 2.28. The summed E-state index contributed by atoms with van der Waals surface area (Å²) in [5, 5.41) is 0.589. The van der Waals surface area contributed by atoms with Gasteiger partial charge in [0.15, 0.2) is 0 Å². The highest BCUT2D eigenvalue weighted by molar-refractivity contribution is 6.29. The maximum Gasteiger partial charge on any atom is 0.129 e. The second kappa shape index (κ2) is 5.58. The van der Waals surface area contributed by atoms with Crippen LogP contribution in [0, 0.1) is 5.41 Å². The number of nitrogens with zero attached hydrogens (tertiary/aromatic N) is 2. The Kier molecular flexibility index (Phi) is 4.29. The Labute approximate surface area is 115 Å². The molecule has 3 heteroatoms. The van der Waals surface area contributed by atoms with E-state index in [2.05, 4.69) is 36.8 Å². The maximum absolute atomic E-state index is 5.92. The minimum atomic E-state index is 0.539. The van der Waals surface area contributed by atoms with Gasteiger partial charge in [-0.3, -0.25) is 4.90 Å². The van der Waals surface area contributed by atoms with Crippen LogP contribution in [0.2, 0.25) is 5.15 Å². The van der Waals surface area contributed by atoms with Gasteiger partial charge < -0.3 is 0 Å². The van der Waals surface area contributed by atoms with Crippen LogP contribution in [0.4, 0.5) is 0 Å².